The van der Waals surface area contributed by atoms with Crippen LogP contribution in [0.2, 0.25) is 0 Å². The average Bonchev–Trinajstić information content (AvgIpc) is 2.93. The van der Waals surface area contributed by atoms with Gasteiger partial charge in [0.2, 0.25) is 9.84 Å². The fourth-order valence-electron chi connectivity index (χ4n) is 2.18. The highest BCUT2D eigenvalue weighted by Crippen LogP contribution is 2.15. The summed E-state index contributed by atoms with van der Waals surface area (Å²) in [5.74, 6) is -1.17. The van der Waals surface area contributed by atoms with E-state index in [0.29, 0.717) is 18.8 Å². The molecule has 0 aliphatic carbocycles. The lowest BCUT2D eigenvalue weighted by atomic mass is 10.1. The van der Waals surface area contributed by atoms with Gasteiger partial charge in [-0.3, -0.25) is 9.36 Å². The van der Waals surface area contributed by atoms with Gasteiger partial charge in [-0.2, -0.15) is 0 Å². The summed E-state index contributed by atoms with van der Waals surface area (Å²) in [4.78, 5) is 11.4. The van der Waals surface area contributed by atoms with Gasteiger partial charge in [0.05, 0.1) is 13.7 Å². The Morgan fingerprint density at radius 1 is 1.25 bits per heavy atom. The molecule has 8 nitrogen and oxygen atoms in total. The lowest BCUT2D eigenvalue weighted by molar-refractivity contribution is -0.137. The summed E-state index contributed by atoms with van der Waals surface area (Å²) in [7, 11) is -2.82. The Labute approximate surface area is 140 Å². The zero-order valence-electron chi connectivity index (χ0n) is 13.6. The van der Waals surface area contributed by atoms with Crippen LogP contribution in [0.4, 0.5) is 0 Å². The maximum atomic E-state index is 12.4. The Kier molecular flexibility index (Phi) is 5.68. The van der Waals surface area contributed by atoms with Gasteiger partial charge >= 0.3 is 5.97 Å². The summed E-state index contributed by atoms with van der Waals surface area (Å²) in [6.45, 7) is 2.55. The number of nitrogens with two attached hydrogens (primary N) is 1. The van der Waals surface area contributed by atoms with Crippen molar-refractivity contribution in [3.8, 4) is 0 Å². The van der Waals surface area contributed by atoms with Crippen molar-refractivity contribution in [2.45, 2.75) is 25.0 Å². The predicted octanol–water partition coefficient (Wildman–Crippen LogP) is 0.0827. The molecule has 0 saturated heterocycles. The van der Waals surface area contributed by atoms with Crippen molar-refractivity contribution in [1.82, 2.24) is 14.8 Å². The fraction of sp³-hybridized carbons (Fsp3) is 0.400. The molecule has 9 heteroatoms. The Hall–Kier alpha value is -2.26. The lowest BCUT2D eigenvalue weighted by Gasteiger charge is -2.10. The molecule has 2 rings (SSSR count). The van der Waals surface area contributed by atoms with E-state index in [1.54, 1.807) is 0 Å². The predicted molar refractivity (Wildman–Crippen MR) is 87.1 cm³/mol. The van der Waals surface area contributed by atoms with Crippen LogP contribution in [-0.4, -0.2) is 48.6 Å². The molecule has 130 valence electrons. The first-order valence-electron chi connectivity index (χ1n) is 7.34. The van der Waals surface area contributed by atoms with Crippen molar-refractivity contribution < 1.29 is 17.9 Å². The quantitative estimate of drug-likeness (QED) is 0.701. The summed E-state index contributed by atoms with van der Waals surface area (Å²) >= 11 is 0. The van der Waals surface area contributed by atoms with Crippen LogP contribution in [0.3, 0.4) is 0 Å². The van der Waals surface area contributed by atoms with Crippen LogP contribution in [0, 0.1) is 6.92 Å². The molecule has 0 aliphatic heterocycles. The van der Waals surface area contributed by atoms with E-state index in [1.165, 1.54) is 4.57 Å². The van der Waals surface area contributed by atoms with Crippen molar-refractivity contribution >= 4 is 15.8 Å². The summed E-state index contributed by atoms with van der Waals surface area (Å²) in [6, 6.07) is 7.67. The summed E-state index contributed by atoms with van der Waals surface area (Å²) in [5, 5.41) is 7.44. The Balaban J connectivity index is 2.42. The highest BCUT2D eigenvalue weighted by Gasteiger charge is 2.27. The number of hydrogen-bond donors (Lipinski definition) is 1. The van der Waals surface area contributed by atoms with E-state index in [4.69, 9.17) is 5.73 Å². The molecule has 0 unspecified atom stereocenters. The van der Waals surface area contributed by atoms with Crippen LogP contribution < -0.4 is 5.73 Å². The van der Waals surface area contributed by atoms with Gasteiger partial charge < -0.3 is 10.5 Å². The normalized spacial score (nSPS) is 11.5. The van der Waals surface area contributed by atoms with E-state index in [0.717, 1.165) is 18.2 Å². The molecule has 0 amide bonds. The minimum absolute atomic E-state index is 0.253. The number of nitrogens with zero attached hydrogens (tertiary/aromatic N) is 3. The zero-order chi connectivity index (χ0) is 17.7. The summed E-state index contributed by atoms with van der Waals surface area (Å²) < 4.78 is 30.8. The molecule has 0 spiro atoms. The van der Waals surface area contributed by atoms with Crippen LogP contribution >= 0.6 is 0 Å². The van der Waals surface area contributed by atoms with Gasteiger partial charge in [-0.25, -0.2) is 8.42 Å². The Bertz CT molecular complexity index is 812. The second-order valence-corrected chi connectivity index (χ2v) is 7.23. The number of benzene rings is 1. The highest BCUT2D eigenvalue weighted by molar-refractivity contribution is 7.91. The van der Waals surface area contributed by atoms with Crippen LogP contribution in [0.1, 0.15) is 17.0 Å². The first-order chi connectivity index (χ1) is 11.4. The van der Waals surface area contributed by atoms with E-state index in [2.05, 4.69) is 14.9 Å². The number of ether oxygens (including phenoxy) is 1. The van der Waals surface area contributed by atoms with Crippen molar-refractivity contribution in [3.05, 3.63) is 41.2 Å². The lowest BCUT2D eigenvalue weighted by Crippen LogP contribution is -2.22. The number of aryl methyl sites for hydroxylation is 1. The number of methoxy groups -OCH3 is 1. The number of carbonyl (C=O) groups is 1. The Morgan fingerprint density at radius 2 is 1.92 bits per heavy atom. The highest BCUT2D eigenvalue weighted by atomic mass is 32.2. The van der Waals surface area contributed by atoms with Crippen LogP contribution in [0.15, 0.2) is 29.4 Å². The molecule has 2 aromatic rings. The molecule has 0 radical (unpaired) electrons. The van der Waals surface area contributed by atoms with Crippen LogP contribution in [0.25, 0.3) is 0 Å². The number of carbonyl (C=O) groups excluding carboxylic acids is 1. The molecular weight excluding hydrogens is 332 g/mol. The topological polar surface area (TPSA) is 117 Å². The first-order valence-corrected chi connectivity index (χ1v) is 9.00. The number of sulfone groups is 1. The standard InChI is InChI=1S/C15H20N4O4S/c1-11-3-5-12(6-4-11)9-19-13(7-8-16)17-18-15(19)24(21,22)10-14(20)23-2/h3-6H,7-10,16H2,1-2H3. The van der Waals surface area contributed by atoms with E-state index in [1.807, 2.05) is 31.2 Å². The van der Waals surface area contributed by atoms with Crippen LogP contribution in [-0.2, 0) is 32.3 Å². The second-order valence-electron chi connectivity index (χ2n) is 5.34. The fourth-order valence-corrected chi connectivity index (χ4v) is 3.40. The van der Waals surface area contributed by atoms with Gasteiger partial charge in [0.1, 0.15) is 5.82 Å². The number of hydrogen-bond acceptors (Lipinski definition) is 7. The largest absolute Gasteiger partial charge is 0.468 e. The molecular formula is C15H20N4O4S. The maximum Gasteiger partial charge on any atom is 0.321 e. The molecule has 2 N–H and O–H groups in total. The average molecular weight is 352 g/mol. The van der Waals surface area contributed by atoms with Gasteiger partial charge in [0.25, 0.3) is 5.16 Å². The molecule has 0 bridgehead atoms. The second kappa shape index (κ2) is 7.54. The minimum Gasteiger partial charge on any atom is -0.468 e. The van der Waals surface area contributed by atoms with Gasteiger partial charge in [-0.05, 0) is 19.0 Å². The molecule has 1 aromatic carbocycles. The summed E-state index contributed by atoms with van der Waals surface area (Å²) in [6.07, 6.45) is 0.382. The van der Waals surface area contributed by atoms with Gasteiger partial charge in [0.15, 0.2) is 5.75 Å². The van der Waals surface area contributed by atoms with Gasteiger partial charge in [0, 0.05) is 6.42 Å². The molecule has 24 heavy (non-hydrogen) atoms. The number of rotatable bonds is 7. The molecule has 0 fully saturated rings. The molecule has 1 heterocycles. The third-order valence-electron chi connectivity index (χ3n) is 3.44. The van der Waals surface area contributed by atoms with Crippen LogP contribution in [0.5, 0.6) is 0 Å². The molecule has 0 saturated carbocycles. The third-order valence-corrected chi connectivity index (χ3v) is 4.91. The van der Waals surface area contributed by atoms with Crippen molar-refractivity contribution in [1.29, 1.82) is 0 Å². The Morgan fingerprint density at radius 3 is 2.50 bits per heavy atom. The number of esters is 1. The summed E-state index contributed by atoms with van der Waals surface area (Å²) in [5.41, 5.74) is 7.56. The zero-order valence-corrected chi connectivity index (χ0v) is 14.4. The SMILES string of the molecule is COC(=O)CS(=O)(=O)c1nnc(CCN)n1Cc1ccc(C)cc1. The molecule has 1 aromatic heterocycles. The monoisotopic (exact) mass is 352 g/mol. The first kappa shape index (κ1) is 18.1. The van der Waals surface area contributed by atoms with Crippen molar-refractivity contribution in [2.75, 3.05) is 19.4 Å². The van der Waals surface area contributed by atoms with Crippen molar-refractivity contribution in [3.63, 3.8) is 0 Å². The van der Waals surface area contributed by atoms with Gasteiger partial charge in [-0.1, -0.05) is 29.8 Å². The van der Waals surface area contributed by atoms with Crippen molar-refractivity contribution in [2.24, 2.45) is 5.73 Å². The van der Waals surface area contributed by atoms with E-state index in [-0.39, 0.29) is 11.7 Å². The van der Waals surface area contributed by atoms with E-state index < -0.39 is 21.6 Å². The molecule has 0 aliphatic rings. The molecule has 0 atom stereocenters. The minimum atomic E-state index is -3.95. The third kappa shape index (κ3) is 4.18. The smallest absolute Gasteiger partial charge is 0.321 e. The van der Waals surface area contributed by atoms with E-state index >= 15 is 0 Å². The van der Waals surface area contributed by atoms with Gasteiger partial charge in [-0.15, -0.1) is 10.2 Å². The van der Waals surface area contributed by atoms with E-state index in [9.17, 15) is 13.2 Å². The maximum absolute atomic E-state index is 12.4. The number of aromatic nitrogens is 3.